The molecule has 1 aromatic rings. The van der Waals surface area contributed by atoms with Crippen molar-refractivity contribution in [2.24, 2.45) is 0 Å². The number of carbonyl (C=O) groups excluding carboxylic acids is 1. The Morgan fingerprint density at radius 1 is 1.47 bits per heavy atom. The molecule has 1 heterocycles. The fourth-order valence-corrected chi connectivity index (χ4v) is 1.67. The monoisotopic (exact) mass is 230 g/mol. The van der Waals surface area contributed by atoms with Crippen LogP contribution in [-0.2, 0) is 0 Å². The lowest BCUT2D eigenvalue weighted by Gasteiger charge is -2.04. The van der Waals surface area contributed by atoms with Crippen molar-refractivity contribution in [2.75, 3.05) is 18.5 Å². The number of amides is 2. The summed E-state index contributed by atoms with van der Waals surface area (Å²) in [6.07, 6.45) is 0. The molecule has 82 valence electrons. The van der Waals surface area contributed by atoms with Crippen molar-refractivity contribution in [1.29, 1.82) is 0 Å². The molecule has 4 N–H and O–H groups in total. The summed E-state index contributed by atoms with van der Waals surface area (Å²) in [6.45, 7) is -0.0384. The van der Waals surface area contributed by atoms with Crippen molar-refractivity contribution in [3.8, 4) is 0 Å². The van der Waals surface area contributed by atoms with E-state index >= 15 is 0 Å². The number of hydrogen-bond donors (Lipinski definition) is 4. The molecule has 0 aromatic carbocycles. The first-order valence-electron chi connectivity index (χ1n) is 4.11. The third-order valence-electron chi connectivity index (χ3n) is 1.52. The van der Waals surface area contributed by atoms with E-state index in [0.717, 1.165) is 11.3 Å². The van der Waals surface area contributed by atoms with E-state index in [4.69, 9.17) is 10.2 Å². The molecule has 1 rings (SSSR count). The zero-order valence-electron chi connectivity index (χ0n) is 7.69. The quantitative estimate of drug-likeness (QED) is 0.607. The number of carboxylic acids is 1. The highest BCUT2D eigenvalue weighted by atomic mass is 32.1. The first-order valence-corrected chi connectivity index (χ1v) is 4.99. The number of anilines is 1. The van der Waals surface area contributed by atoms with Gasteiger partial charge in [-0.25, -0.2) is 9.59 Å². The average molecular weight is 230 g/mol. The maximum absolute atomic E-state index is 11.1. The van der Waals surface area contributed by atoms with Gasteiger partial charge in [-0.1, -0.05) is 0 Å². The van der Waals surface area contributed by atoms with Crippen LogP contribution in [0.2, 0.25) is 0 Å². The number of aliphatic hydroxyl groups excluding tert-OH is 1. The number of aromatic carboxylic acids is 1. The molecule has 0 aliphatic heterocycles. The standard InChI is InChI=1S/C8H10N2O4S/c11-3-2-9-8(14)10-6-5(7(12)13)1-4-15-6/h1,4,11H,2-3H2,(H,12,13)(H2,9,10,14). The average Bonchev–Trinajstić information content (AvgIpc) is 2.62. The Morgan fingerprint density at radius 2 is 2.20 bits per heavy atom. The molecular weight excluding hydrogens is 220 g/mol. The zero-order valence-corrected chi connectivity index (χ0v) is 8.50. The Hall–Kier alpha value is -1.60. The summed E-state index contributed by atoms with van der Waals surface area (Å²) in [5, 5.41) is 23.8. The molecule has 2 amide bonds. The molecule has 7 heteroatoms. The highest BCUT2D eigenvalue weighted by molar-refractivity contribution is 7.14. The van der Waals surface area contributed by atoms with Crippen molar-refractivity contribution in [3.63, 3.8) is 0 Å². The van der Waals surface area contributed by atoms with E-state index in [2.05, 4.69) is 10.6 Å². The summed E-state index contributed by atoms with van der Waals surface area (Å²) >= 11 is 1.12. The molecular formula is C8H10N2O4S. The second kappa shape index (κ2) is 5.32. The minimum atomic E-state index is -1.09. The summed E-state index contributed by atoms with van der Waals surface area (Å²) < 4.78 is 0. The largest absolute Gasteiger partial charge is 0.478 e. The van der Waals surface area contributed by atoms with Gasteiger partial charge in [0.15, 0.2) is 0 Å². The molecule has 0 atom stereocenters. The fourth-order valence-electron chi connectivity index (χ4n) is 0.891. The van der Waals surface area contributed by atoms with Crippen molar-refractivity contribution >= 4 is 28.3 Å². The SMILES string of the molecule is O=C(NCCO)Nc1sccc1C(=O)O. The molecule has 0 aliphatic rings. The first kappa shape index (κ1) is 11.5. The molecule has 0 saturated heterocycles. The number of rotatable bonds is 4. The van der Waals surface area contributed by atoms with Crippen molar-refractivity contribution < 1.29 is 19.8 Å². The van der Waals surface area contributed by atoms with E-state index in [9.17, 15) is 9.59 Å². The maximum Gasteiger partial charge on any atom is 0.338 e. The van der Waals surface area contributed by atoms with Crippen LogP contribution in [-0.4, -0.2) is 35.4 Å². The molecule has 6 nitrogen and oxygen atoms in total. The Bertz CT molecular complexity index is 363. The van der Waals surface area contributed by atoms with Gasteiger partial charge in [-0.05, 0) is 11.4 Å². The van der Waals surface area contributed by atoms with Gasteiger partial charge in [0.2, 0.25) is 0 Å². The molecule has 0 unspecified atom stereocenters. The molecule has 1 aromatic heterocycles. The normalized spacial score (nSPS) is 9.67. The zero-order chi connectivity index (χ0) is 11.3. The molecule has 0 spiro atoms. The lowest BCUT2D eigenvalue weighted by atomic mass is 10.3. The Labute approximate surface area is 89.5 Å². The number of thiophene rings is 1. The second-order valence-electron chi connectivity index (χ2n) is 2.57. The van der Waals surface area contributed by atoms with Gasteiger partial charge in [-0.2, -0.15) is 0 Å². The van der Waals surface area contributed by atoms with E-state index in [0.29, 0.717) is 0 Å². The van der Waals surface area contributed by atoms with Gasteiger partial charge < -0.3 is 15.5 Å². The summed E-state index contributed by atoms with van der Waals surface area (Å²) in [6, 6.07) is 0.878. The molecule has 0 radical (unpaired) electrons. The van der Waals surface area contributed by atoms with Crippen LogP contribution in [0.3, 0.4) is 0 Å². The fraction of sp³-hybridized carbons (Fsp3) is 0.250. The third kappa shape index (κ3) is 3.22. The Morgan fingerprint density at radius 3 is 2.80 bits per heavy atom. The van der Waals surface area contributed by atoms with Crippen molar-refractivity contribution in [1.82, 2.24) is 5.32 Å². The van der Waals surface area contributed by atoms with Gasteiger partial charge in [0.1, 0.15) is 5.00 Å². The van der Waals surface area contributed by atoms with Crippen LogP contribution in [0, 0.1) is 0 Å². The summed E-state index contributed by atoms with van der Waals surface area (Å²) in [5.74, 6) is -1.09. The first-order chi connectivity index (χ1) is 7.15. The number of hydrogen-bond acceptors (Lipinski definition) is 4. The van der Waals surface area contributed by atoms with Crippen LogP contribution in [0.15, 0.2) is 11.4 Å². The Kier molecular flexibility index (Phi) is 4.07. The van der Waals surface area contributed by atoms with Crippen LogP contribution in [0.25, 0.3) is 0 Å². The summed E-state index contributed by atoms with van der Waals surface area (Å²) in [4.78, 5) is 21.8. The number of nitrogens with one attached hydrogen (secondary N) is 2. The van der Waals surface area contributed by atoms with Crippen molar-refractivity contribution in [2.45, 2.75) is 0 Å². The minimum Gasteiger partial charge on any atom is -0.478 e. The number of carboxylic acid groups (broad SMARTS) is 1. The van der Waals surface area contributed by atoms with E-state index in [1.54, 1.807) is 5.38 Å². The Balaban J connectivity index is 2.60. The van der Waals surface area contributed by atoms with Crippen LogP contribution in [0.5, 0.6) is 0 Å². The smallest absolute Gasteiger partial charge is 0.338 e. The molecule has 0 saturated carbocycles. The van der Waals surface area contributed by atoms with Gasteiger partial charge >= 0.3 is 12.0 Å². The lowest BCUT2D eigenvalue weighted by molar-refractivity contribution is 0.0698. The van der Waals surface area contributed by atoms with E-state index < -0.39 is 12.0 Å². The molecule has 0 fully saturated rings. The summed E-state index contributed by atoms with van der Waals surface area (Å²) in [7, 11) is 0. The summed E-state index contributed by atoms with van der Waals surface area (Å²) in [5.41, 5.74) is 0.0548. The maximum atomic E-state index is 11.1. The van der Waals surface area contributed by atoms with Crippen molar-refractivity contribution in [3.05, 3.63) is 17.0 Å². The van der Waals surface area contributed by atoms with Gasteiger partial charge in [-0.15, -0.1) is 11.3 Å². The van der Waals surface area contributed by atoms with E-state index in [-0.39, 0.29) is 23.7 Å². The predicted octanol–water partition coefficient (Wildman–Crippen LogP) is 0.560. The predicted molar refractivity (Wildman–Crippen MR) is 55.4 cm³/mol. The van der Waals surface area contributed by atoms with Gasteiger partial charge in [0.25, 0.3) is 0 Å². The van der Waals surface area contributed by atoms with E-state index in [1.807, 2.05) is 0 Å². The van der Waals surface area contributed by atoms with Gasteiger partial charge in [0.05, 0.1) is 12.2 Å². The van der Waals surface area contributed by atoms with Gasteiger partial charge in [0, 0.05) is 6.54 Å². The molecule has 0 bridgehead atoms. The highest BCUT2D eigenvalue weighted by Gasteiger charge is 2.13. The van der Waals surface area contributed by atoms with Crippen LogP contribution in [0.4, 0.5) is 9.80 Å². The van der Waals surface area contributed by atoms with Gasteiger partial charge in [-0.3, -0.25) is 5.32 Å². The minimum absolute atomic E-state index is 0.0548. The lowest BCUT2D eigenvalue weighted by Crippen LogP contribution is -2.31. The van der Waals surface area contributed by atoms with E-state index in [1.165, 1.54) is 6.07 Å². The second-order valence-corrected chi connectivity index (χ2v) is 3.49. The molecule has 0 aliphatic carbocycles. The molecule has 15 heavy (non-hydrogen) atoms. The number of aliphatic hydroxyl groups is 1. The number of carbonyl (C=O) groups is 2. The third-order valence-corrected chi connectivity index (χ3v) is 2.35. The number of urea groups is 1. The van der Waals surface area contributed by atoms with Crippen LogP contribution < -0.4 is 10.6 Å². The topological polar surface area (TPSA) is 98.7 Å². The highest BCUT2D eigenvalue weighted by Crippen LogP contribution is 2.22. The van der Waals surface area contributed by atoms with Crippen LogP contribution in [0.1, 0.15) is 10.4 Å². The van der Waals surface area contributed by atoms with Crippen LogP contribution >= 0.6 is 11.3 Å².